The molecule has 0 aromatic heterocycles. The number of primary amides is 1. The fraction of sp³-hybridized carbons (Fsp3) is 0.400. The fourth-order valence-corrected chi connectivity index (χ4v) is 2.72. The third-order valence-electron chi connectivity index (χ3n) is 3.63. The number of amidine groups is 1. The molecule has 6 nitrogen and oxygen atoms in total. The summed E-state index contributed by atoms with van der Waals surface area (Å²) < 4.78 is 0. The van der Waals surface area contributed by atoms with Gasteiger partial charge in [-0.05, 0) is 24.1 Å². The van der Waals surface area contributed by atoms with Crippen LogP contribution in [0, 0.1) is 0 Å². The SMILES string of the molecule is CCC[C@]1(c2cccc(C(N)=O)c2)CC(=O)NC(CN)=N1. The summed E-state index contributed by atoms with van der Waals surface area (Å²) in [4.78, 5) is 28.0. The number of carbonyl (C=O) groups excluding carboxylic acids is 2. The second-order valence-corrected chi connectivity index (χ2v) is 5.21. The Labute approximate surface area is 123 Å². The minimum atomic E-state index is -0.669. The second-order valence-electron chi connectivity index (χ2n) is 5.21. The van der Waals surface area contributed by atoms with Crippen LogP contribution in [-0.2, 0) is 10.3 Å². The third-order valence-corrected chi connectivity index (χ3v) is 3.63. The number of amides is 2. The molecule has 0 aliphatic carbocycles. The lowest BCUT2D eigenvalue weighted by atomic mass is 9.81. The van der Waals surface area contributed by atoms with Gasteiger partial charge >= 0.3 is 0 Å². The summed E-state index contributed by atoms with van der Waals surface area (Å²) in [6.07, 6.45) is 1.80. The lowest BCUT2D eigenvalue weighted by molar-refractivity contribution is -0.121. The smallest absolute Gasteiger partial charge is 0.248 e. The monoisotopic (exact) mass is 288 g/mol. The van der Waals surface area contributed by atoms with Crippen LogP contribution in [0.25, 0.3) is 0 Å². The molecule has 6 heteroatoms. The zero-order valence-electron chi connectivity index (χ0n) is 12.1. The molecule has 1 atom stereocenters. The molecular weight excluding hydrogens is 268 g/mol. The summed E-state index contributed by atoms with van der Waals surface area (Å²) in [6.45, 7) is 2.20. The maximum absolute atomic E-state index is 12.0. The van der Waals surface area contributed by atoms with E-state index in [4.69, 9.17) is 11.5 Å². The molecule has 1 aromatic rings. The van der Waals surface area contributed by atoms with E-state index in [1.807, 2.05) is 13.0 Å². The average molecular weight is 288 g/mol. The summed E-state index contributed by atoms with van der Waals surface area (Å²) in [5, 5.41) is 2.68. The molecule has 0 bridgehead atoms. The standard InChI is InChI=1S/C15H20N4O2/c1-2-6-15(8-13(20)18-12(9-16)19-15)11-5-3-4-10(7-11)14(17)21/h3-5,7H,2,6,8-9,16H2,1H3,(H2,17,21)(H,18,19,20)/t15-/m1/s1. The van der Waals surface area contributed by atoms with Gasteiger partial charge in [0.2, 0.25) is 11.8 Å². The number of carbonyl (C=O) groups is 2. The summed E-state index contributed by atoms with van der Waals surface area (Å²) in [6, 6.07) is 7.01. The lowest BCUT2D eigenvalue weighted by Crippen LogP contribution is -2.46. The molecule has 1 heterocycles. The predicted octanol–water partition coefficient (Wildman–Crippen LogP) is 0.658. The maximum atomic E-state index is 12.0. The van der Waals surface area contributed by atoms with E-state index in [1.165, 1.54) is 0 Å². The van der Waals surface area contributed by atoms with Crippen LogP contribution in [-0.4, -0.2) is 24.2 Å². The first-order valence-corrected chi connectivity index (χ1v) is 7.00. The van der Waals surface area contributed by atoms with E-state index >= 15 is 0 Å². The van der Waals surface area contributed by atoms with E-state index in [0.717, 1.165) is 12.0 Å². The minimum Gasteiger partial charge on any atom is -0.366 e. The van der Waals surface area contributed by atoms with Crippen LogP contribution in [0.4, 0.5) is 0 Å². The van der Waals surface area contributed by atoms with Gasteiger partial charge in [-0.3, -0.25) is 14.6 Å². The molecule has 1 aliphatic heterocycles. The molecule has 1 aliphatic rings. The van der Waals surface area contributed by atoms with Gasteiger partial charge in [-0.1, -0.05) is 25.5 Å². The van der Waals surface area contributed by atoms with Crippen molar-refractivity contribution in [2.45, 2.75) is 31.7 Å². The van der Waals surface area contributed by atoms with Crippen molar-refractivity contribution in [1.82, 2.24) is 5.32 Å². The van der Waals surface area contributed by atoms with Crippen molar-refractivity contribution in [3.05, 3.63) is 35.4 Å². The van der Waals surface area contributed by atoms with Gasteiger partial charge < -0.3 is 16.8 Å². The van der Waals surface area contributed by atoms with Crippen molar-refractivity contribution in [2.24, 2.45) is 16.5 Å². The quantitative estimate of drug-likeness (QED) is 0.740. The van der Waals surface area contributed by atoms with E-state index < -0.39 is 11.4 Å². The number of benzene rings is 1. The van der Waals surface area contributed by atoms with Gasteiger partial charge in [0.25, 0.3) is 0 Å². The van der Waals surface area contributed by atoms with Gasteiger partial charge in [0.15, 0.2) is 0 Å². The summed E-state index contributed by atoms with van der Waals surface area (Å²) >= 11 is 0. The number of nitrogens with zero attached hydrogens (tertiary/aromatic N) is 1. The van der Waals surface area contributed by atoms with E-state index in [0.29, 0.717) is 17.8 Å². The predicted molar refractivity (Wildman–Crippen MR) is 80.8 cm³/mol. The van der Waals surface area contributed by atoms with E-state index in [2.05, 4.69) is 10.3 Å². The molecule has 0 unspecified atom stereocenters. The topological polar surface area (TPSA) is 111 Å². The molecule has 5 N–H and O–H groups in total. The van der Waals surface area contributed by atoms with Crippen LogP contribution >= 0.6 is 0 Å². The normalized spacial score (nSPS) is 21.6. The maximum Gasteiger partial charge on any atom is 0.248 e. The zero-order chi connectivity index (χ0) is 15.5. The van der Waals surface area contributed by atoms with Crippen LogP contribution < -0.4 is 16.8 Å². The van der Waals surface area contributed by atoms with Gasteiger partial charge in [0.05, 0.1) is 18.5 Å². The van der Waals surface area contributed by atoms with Crippen LogP contribution in [0.2, 0.25) is 0 Å². The Morgan fingerprint density at radius 2 is 2.24 bits per heavy atom. The number of aliphatic imine (C=N–C) groups is 1. The highest BCUT2D eigenvalue weighted by molar-refractivity contribution is 6.02. The Bertz CT molecular complexity index is 597. The third kappa shape index (κ3) is 3.11. The Morgan fingerprint density at radius 1 is 1.48 bits per heavy atom. The number of nitrogens with one attached hydrogen (secondary N) is 1. The van der Waals surface area contributed by atoms with E-state index in [-0.39, 0.29) is 18.9 Å². The van der Waals surface area contributed by atoms with Crippen LogP contribution in [0.15, 0.2) is 29.3 Å². The number of rotatable bonds is 5. The Hall–Kier alpha value is -2.21. The van der Waals surface area contributed by atoms with Gasteiger partial charge in [-0.15, -0.1) is 0 Å². The van der Waals surface area contributed by atoms with Crippen LogP contribution in [0.5, 0.6) is 0 Å². The van der Waals surface area contributed by atoms with Crippen LogP contribution in [0.3, 0.4) is 0 Å². The highest BCUT2D eigenvalue weighted by Gasteiger charge is 2.37. The molecule has 0 saturated carbocycles. The molecule has 0 spiro atoms. The molecule has 1 aromatic carbocycles. The molecule has 2 rings (SSSR count). The largest absolute Gasteiger partial charge is 0.366 e. The van der Waals surface area contributed by atoms with Crippen molar-refractivity contribution in [3.63, 3.8) is 0 Å². The Kier molecular flexibility index (Phi) is 4.37. The fourth-order valence-electron chi connectivity index (χ4n) is 2.72. The van der Waals surface area contributed by atoms with Gasteiger partial charge in [-0.25, -0.2) is 0 Å². The van der Waals surface area contributed by atoms with Crippen molar-refractivity contribution < 1.29 is 9.59 Å². The number of hydrogen-bond acceptors (Lipinski definition) is 4. The first kappa shape index (κ1) is 15.2. The van der Waals surface area contributed by atoms with Gasteiger partial charge in [0.1, 0.15) is 5.84 Å². The number of hydrogen-bond donors (Lipinski definition) is 3. The van der Waals surface area contributed by atoms with E-state index in [1.54, 1.807) is 18.2 Å². The lowest BCUT2D eigenvalue weighted by Gasteiger charge is -2.34. The first-order valence-electron chi connectivity index (χ1n) is 7.00. The van der Waals surface area contributed by atoms with Crippen molar-refractivity contribution in [2.75, 3.05) is 6.54 Å². The molecule has 2 amide bonds. The highest BCUT2D eigenvalue weighted by atomic mass is 16.2. The molecule has 0 radical (unpaired) electrons. The Balaban J connectivity index is 2.54. The van der Waals surface area contributed by atoms with Crippen molar-refractivity contribution in [1.29, 1.82) is 0 Å². The Morgan fingerprint density at radius 3 is 2.86 bits per heavy atom. The number of nitrogens with two attached hydrogens (primary N) is 2. The zero-order valence-corrected chi connectivity index (χ0v) is 12.1. The molecular formula is C15H20N4O2. The minimum absolute atomic E-state index is 0.108. The summed E-state index contributed by atoms with van der Waals surface area (Å²) in [7, 11) is 0. The van der Waals surface area contributed by atoms with E-state index in [9.17, 15) is 9.59 Å². The molecule has 21 heavy (non-hydrogen) atoms. The van der Waals surface area contributed by atoms with Crippen molar-refractivity contribution in [3.8, 4) is 0 Å². The summed E-state index contributed by atoms with van der Waals surface area (Å²) in [5.41, 5.74) is 11.5. The average Bonchev–Trinajstić information content (AvgIpc) is 2.47. The highest BCUT2D eigenvalue weighted by Crippen LogP contribution is 2.36. The van der Waals surface area contributed by atoms with Crippen molar-refractivity contribution >= 4 is 17.6 Å². The second kappa shape index (κ2) is 6.05. The van der Waals surface area contributed by atoms with Gasteiger partial charge in [-0.2, -0.15) is 0 Å². The molecule has 112 valence electrons. The van der Waals surface area contributed by atoms with Gasteiger partial charge in [0, 0.05) is 5.56 Å². The first-order chi connectivity index (χ1) is 10.0. The molecule has 0 saturated heterocycles. The summed E-state index contributed by atoms with van der Waals surface area (Å²) in [5.74, 6) is -0.126. The molecule has 0 fully saturated rings. The van der Waals surface area contributed by atoms with Crippen LogP contribution in [0.1, 0.15) is 42.1 Å².